The Bertz CT molecular complexity index is 878. The molecule has 130 valence electrons. The van der Waals surface area contributed by atoms with E-state index >= 15 is 0 Å². The molecule has 1 amide bonds. The number of rotatable bonds is 3. The van der Waals surface area contributed by atoms with E-state index in [4.69, 9.17) is 17.3 Å². The van der Waals surface area contributed by atoms with Gasteiger partial charge in [0.15, 0.2) is 0 Å². The van der Waals surface area contributed by atoms with E-state index in [9.17, 15) is 4.79 Å². The molecular formula is C19H19ClN2OS2. The Balaban J connectivity index is 1.43. The molecule has 3 nitrogen and oxygen atoms in total. The summed E-state index contributed by atoms with van der Waals surface area (Å²) in [5, 5.41) is 0. The lowest BCUT2D eigenvalue weighted by Gasteiger charge is -2.32. The summed E-state index contributed by atoms with van der Waals surface area (Å²) in [5.41, 5.74) is 8.27. The van der Waals surface area contributed by atoms with Crippen LogP contribution in [0.5, 0.6) is 0 Å². The van der Waals surface area contributed by atoms with E-state index in [0.717, 1.165) is 44.5 Å². The van der Waals surface area contributed by atoms with Gasteiger partial charge in [-0.2, -0.15) is 0 Å². The molecule has 0 bridgehead atoms. The van der Waals surface area contributed by atoms with Crippen LogP contribution in [0, 0.1) is 0 Å². The maximum absolute atomic E-state index is 12.8. The molecule has 0 saturated carbocycles. The van der Waals surface area contributed by atoms with Crippen molar-refractivity contribution in [1.82, 2.24) is 4.90 Å². The fourth-order valence-electron chi connectivity index (χ4n) is 3.46. The van der Waals surface area contributed by atoms with Crippen molar-refractivity contribution in [2.45, 2.75) is 25.3 Å². The van der Waals surface area contributed by atoms with Crippen molar-refractivity contribution >= 4 is 49.6 Å². The van der Waals surface area contributed by atoms with Crippen molar-refractivity contribution in [3.05, 3.63) is 56.7 Å². The number of hydrogen-bond donors (Lipinski definition) is 1. The van der Waals surface area contributed by atoms with E-state index in [1.165, 1.54) is 22.5 Å². The van der Waals surface area contributed by atoms with Crippen LogP contribution in [0.1, 0.15) is 39.6 Å². The molecule has 4 rings (SSSR count). The van der Waals surface area contributed by atoms with Gasteiger partial charge in [0.05, 0.1) is 9.21 Å². The van der Waals surface area contributed by atoms with Crippen LogP contribution in [0.4, 0.5) is 0 Å². The number of nitrogens with two attached hydrogens (primary N) is 1. The molecule has 6 heteroatoms. The lowest BCUT2D eigenvalue weighted by atomic mass is 9.88. The number of carbonyl (C=O) groups excluding carboxylic acids is 1. The number of piperidine rings is 1. The Morgan fingerprint density at radius 3 is 2.64 bits per heavy atom. The third-order valence-corrected chi connectivity index (χ3v) is 7.24. The summed E-state index contributed by atoms with van der Waals surface area (Å²) < 4.78 is 2.99. The van der Waals surface area contributed by atoms with Gasteiger partial charge >= 0.3 is 0 Å². The Kier molecular flexibility index (Phi) is 4.82. The average Bonchev–Trinajstić information content (AvgIpc) is 3.18. The number of halogens is 1. The summed E-state index contributed by atoms with van der Waals surface area (Å²) in [5.74, 6) is 0.667. The van der Waals surface area contributed by atoms with Gasteiger partial charge in [-0.3, -0.25) is 4.79 Å². The number of fused-ring (bicyclic) bond motifs is 1. The number of benzene rings is 1. The highest BCUT2D eigenvalue weighted by Gasteiger charge is 2.26. The van der Waals surface area contributed by atoms with Crippen molar-refractivity contribution < 1.29 is 4.79 Å². The minimum Gasteiger partial charge on any atom is -0.338 e. The van der Waals surface area contributed by atoms with E-state index in [1.54, 1.807) is 11.3 Å². The highest BCUT2D eigenvalue weighted by atomic mass is 35.5. The molecule has 1 aromatic carbocycles. The zero-order valence-electron chi connectivity index (χ0n) is 13.7. The van der Waals surface area contributed by atoms with E-state index in [2.05, 4.69) is 24.3 Å². The first-order chi connectivity index (χ1) is 12.1. The molecule has 3 heterocycles. The second-order valence-corrected chi connectivity index (χ2v) is 9.20. The van der Waals surface area contributed by atoms with Gasteiger partial charge in [-0.1, -0.05) is 35.9 Å². The Morgan fingerprint density at radius 2 is 1.92 bits per heavy atom. The normalized spacial score (nSPS) is 15.8. The standard InChI is InChI=1S/C19H19ClN2OS2/c20-18-10-16-15(25-18)9-17(24-16)19(23)22-6-4-13(5-7-22)14-3-1-2-12(8-14)11-21/h1-3,8-10,13H,4-7,11,21H2. The topological polar surface area (TPSA) is 46.3 Å². The van der Waals surface area contributed by atoms with Crippen LogP contribution < -0.4 is 5.73 Å². The van der Waals surface area contributed by atoms with Crippen molar-refractivity contribution in [1.29, 1.82) is 0 Å². The van der Waals surface area contributed by atoms with Gasteiger partial charge in [0.25, 0.3) is 5.91 Å². The van der Waals surface area contributed by atoms with E-state index in [1.807, 2.05) is 17.0 Å². The maximum Gasteiger partial charge on any atom is 0.263 e. The second kappa shape index (κ2) is 7.08. The largest absolute Gasteiger partial charge is 0.338 e. The van der Waals surface area contributed by atoms with Crippen LogP contribution in [0.25, 0.3) is 9.40 Å². The number of amides is 1. The van der Waals surface area contributed by atoms with Crippen molar-refractivity contribution in [2.75, 3.05) is 13.1 Å². The SMILES string of the molecule is NCc1cccc(C2CCN(C(=O)c3cc4sc(Cl)cc4s3)CC2)c1. The summed E-state index contributed by atoms with van der Waals surface area (Å²) in [6, 6.07) is 12.5. The summed E-state index contributed by atoms with van der Waals surface area (Å²) in [6.07, 6.45) is 2.01. The Hall–Kier alpha value is -1.40. The Morgan fingerprint density at radius 1 is 1.16 bits per heavy atom. The average molecular weight is 391 g/mol. The number of thiophene rings is 2. The van der Waals surface area contributed by atoms with Gasteiger partial charge in [0, 0.05) is 29.0 Å². The number of nitrogens with zero attached hydrogens (tertiary/aromatic N) is 1. The van der Waals surface area contributed by atoms with Gasteiger partial charge in [-0.25, -0.2) is 0 Å². The van der Waals surface area contributed by atoms with Crippen LogP contribution >= 0.6 is 34.3 Å². The monoisotopic (exact) mass is 390 g/mol. The summed E-state index contributed by atoms with van der Waals surface area (Å²) >= 11 is 9.10. The van der Waals surface area contributed by atoms with E-state index in [-0.39, 0.29) is 5.91 Å². The minimum absolute atomic E-state index is 0.152. The van der Waals surface area contributed by atoms with E-state index < -0.39 is 0 Å². The summed E-state index contributed by atoms with van der Waals surface area (Å²) in [4.78, 5) is 15.6. The Labute approximate surface area is 160 Å². The number of carbonyl (C=O) groups is 1. The van der Waals surface area contributed by atoms with Crippen LogP contribution in [-0.4, -0.2) is 23.9 Å². The highest BCUT2D eigenvalue weighted by molar-refractivity contribution is 7.30. The lowest BCUT2D eigenvalue weighted by molar-refractivity contribution is 0.0718. The number of hydrogen-bond acceptors (Lipinski definition) is 4. The van der Waals surface area contributed by atoms with Crippen molar-refractivity contribution in [3.63, 3.8) is 0 Å². The quantitative estimate of drug-likeness (QED) is 0.676. The zero-order chi connectivity index (χ0) is 17.4. The first-order valence-electron chi connectivity index (χ1n) is 8.41. The van der Waals surface area contributed by atoms with Gasteiger partial charge in [0.1, 0.15) is 0 Å². The van der Waals surface area contributed by atoms with Crippen molar-refractivity contribution in [2.24, 2.45) is 5.73 Å². The highest BCUT2D eigenvalue weighted by Crippen LogP contribution is 2.37. The van der Waals surface area contributed by atoms with Gasteiger partial charge in [-0.05, 0) is 42.0 Å². The third kappa shape index (κ3) is 3.47. The van der Waals surface area contributed by atoms with Gasteiger partial charge in [0.2, 0.25) is 0 Å². The molecule has 0 spiro atoms. The second-order valence-electron chi connectivity index (χ2n) is 6.41. The van der Waals surface area contributed by atoms with Crippen LogP contribution in [-0.2, 0) is 6.54 Å². The first-order valence-corrected chi connectivity index (χ1v) is 10.4. The molecule has 0 radical (unpaired) electrons. The molecule has 0 unspecified atom stereocenters. The smallest absolute Gasteiger partial charge is 0.263 e. The van der Waals surface area contributed by atoms with Crippen LogP contribution in [0.15, 0.2) is 36.4 Å². The van der Waals surface area contributed by atoms with Crippen molar-refractivity contribution in [3.8, 4) is 0 Å². The molecular weight excluding hydrogens is 372 g/mol. The van der Waals surface area contributed by atoms with Gasteiger partial charge in [-0.15, -0.1) is 22.7 Å². The fraction of sp³-hybridized carbons (Fsp3) is 0.316. The minimum atomic E-state index is 0.152. The molecule has 2 N–H and O–H groups in total. The molecule has 1 saturated heterocycles. The van der Waals surface area contributed by atoms with Crippen LogP contribution in [0.2, 0.25) is 4.34 Å². The molecule has 25 heavy (non-hydrogen) atoms. The van der Waals surface area contributed by atoms with E-state index in [0.29, 0.717) is 12.5 Å². The molecule has 2 aromatic heterocycles. The van der Waals surface area contributed by atoms with Crippen LogP contribution in [0.3, 0.4) is 0 Å². The predicted octanol–water partition coefficient (Wildman–Crippen LogP) is 5.09. The molecule has 1 aliphatic rings. The third-order valence-electron chi connectivity index (χ3n) is 4.83. The molecule has 0 atom stereocenters. The molecule has 3 aromatic rings. The summed E-state index contributed by atoms with van der Waals surface area (Å²) in [7, 11) is 0. The lowest BCUT2D eigenvalue weighted by Crippen LogP contribution is -2.37. The molecule has 1 aliphatic heterocycles. The molecule has 0 aliphatic carbocycles. The molecule has 1 fully saturated rings. The zero-order valence-corrected chi connectivity index (χ0v) is 16.1. The first kappa shape index (κ1) is 17.0. The maximum atomic E-state index is 12.8. The predicted molar refractivity (Wildman–Crippen MR) is 107 cm³/mol. The summed E-state index contributed by atoms with van der Waals surface area (Å²) in [6.45, 7) is 2.19. The van der Waals surface area contributed by atoms with Gasteiger partial charge < -0.3 is 10.6 Å². The fourth-order valence-corrected chi connectivity index (χ4v) is 5.97. The number of likely N-dealkylation sites (tertiary alicyclic amines) is 1.